The molecule has 4 atom stereocenters. The van der Waals surface area contributed by atoms with Crippen LogP contribution in [-0.2, 0) is 24.6 Å². The van der Waals surface area contributed by atoms with E-state index in [-0.39, 0.29) is 13.0 Å². The molecule has 4 aromatic rings. The van der Waals surface area contributed by atoms with Crippen LogP contribution >= 0.6 is 0 Å². The summed E-state index contributed by atoms with van der Waals surface area (Å²) < 4.78 is 31.9. The zero-order valence-electron chi connectivity index (χ0n) is 29.5. The van der Waals surface area contributed by atoms with Gasteiger partial charge in [0, 0.05) is 44.8 Å². The number of carbonyl (C=O) groups is 1. The van der Waals surface area contributed by atoms with Gasteiger partial charge in [0.2, 0.25) is 0 Å². The Kier molecular flexibility index (Phi) is 10.8. The summed E-state index contributed by atoms with van der Waals surface area (Å²) in [4.78, 5) is 36.9. The van der Waals surface area contributed by atoms with E-state index in [0.29, 0.717) is 22.9 Å². The summed E-state index contributed by atoms with van der Waals surface area (Å²) in [5.74, 6) is 0.902. The average molecular weight is 697 g/mol. The average Bonchev–Trinajstić information content (AvgIpc) is 3.71. The predicted octanol–water partition coefficient (Wildman–Crippen LogP) is 5.34. The molecule has 6 rings (SSSR count). The van der Waals surface area contributed by atoms with E-state index in [1.54, 1.807) is 20.4 Å². The number of ether oxygens (including phenoxy) is 5. The van der Waals surface area contributed by atoms with E-state index in [4.69, 9.17) is 23.7 Å². The first-order valence-electron chi connectivity index (χ1n) is 17.0. The number of aliphatic carboxylic acids is 1. The number of rotatable bonds is 13. The Labute approximate surface area is 297 Å². The molecule has 51 heavy (non-hydrogen) atoms. The first-order valence-corrected chi connectivity index (χ1v) is 17.0. The number of carboxylic acid groups (broad SMARTS) is 1. The molecule has 2 aliphatic rings. The summed E-state index contributed by atoms with van der Waals surface area (Å²) in [6, 6.07) is 25.1. The summed E-state index contributed by atoms with van der Waals surface area (Å²) in [5, 5.41) is 10.0. The lowest BCUT2D eigenvalue weighted by molar-refractivity contribution is -0.140. The maximum Gasteiger partial charge on any atom is 0.351 e. The zero-order chi connectivity index (χ0) is 36.1. The topological polar surface area (TPSA) is 134 Å². The molecule has 0 amide bonds. The molecule has 1 N–H and O–H groups in total. The lowest BCUT2D eigenvalue weighted by atomic mass is 9.80. The van der Waals surface area contributed by atoms with Crippen LogP contribution in [0, 0.1) is 12.8 Å². The minimum Gasteiger partial charge on any atom is -0.497 e. The van der Waals surface area contributed by atoms with Gasteiger partial charge in [0.1, 0.15) is 29.0 Å². The van der Waals surface area contributed by atoms with E-state index in [1.807, 2.05) is 92.8 Å². The summed E-state index contributed by atoms with van der Waals surface area (Å²) in [7, 11) is 6.68. The van der Waals surface area contributed by atoms with Crippen LogP contribution in [0.3, 0.4) is 0 Å². The Balaban J connectivity index is 1.40. The highest BCUT2D eigenvalue weighted by Gasteiger charge is 2.49. The van der Waals surface area contributed by atoms with Crippen LogP contribution in [-0.4, -0.2) is 85.1 Å². The van der Waals surface area contributed by atoms with Gasteiger partial charge in [0.25, 0.3) is 0 Å². The van der Waals surface area contributed by atoms with Gasteiger partial charge in [0.05, 0.1) is 33.4 Å². The van der Waals surface area contributed by atoms with Gasteiger partial charge in [-0.3, -0.25) is 9.36 Å². The molecule has 0 radical (unpaired) electrons. The van der Waals surface area contributed by atoms with Crippen molar-refractivity contribution >= 4 is 17.6 Å². The first kappa shape index (κ1) is 35.8. The molecule has 268 valence electrons. The number of carboxylic acids is 1. The number of amidine groups is 1. The molecule has 0 bridgehead atoms. The number of hydrogen-bond acceptors (Lipinski definition) is 9. The smallest absolute Gasteiger partial charge is 0.351 e. The highest BCUT2D eigenvalue weighted by Crippen LogP contribution is 2.44. The van der Waals surface area contributed by atoms with Crippen LogP contribution in [0.5, 0.6) is 11.5 Å². The van der Waals surface area contributed by atoms with Crippen molar-refractivity contribution < 1.29 is 33.6 Å². The van der Waals surface area contributed by atoms with Crippen LogP contribution in [0.1, 0.15) is 47.7 Å². The van der Waals surface area contributed by atoms with Crippen molar-refractivity contribution in [2.45, 2.75) is 50.2 Å². The fourth-order valence-corrected chi connectivity index (χ4v) is 7.10. The lowest BCUT2D eigenvalue weighted by Crippen LogP contribution is -2.38. The molecule has 0 unspecified atom stereocenters. The van der Waals surface area contributed by atoms with Crippen molar-refractivity contribution in [3.05, 3.63) is 118 Å². The van der Waals surface area contributed by atoms with Gasteiger partial charge >= 0.3 is 11.7 Å². The molecule has 12 nitrogen and oxygen atoms in total. The minimum absolute atomic E-state index is 0.0412. The molecular formula is C39H44N4O8. The highest BCUT2D eigenvalue weighted by atomic mass is 16.6. The molecule has 0 aliphatic carbocycles. The molecule has 12 heteroatoms. The second-order valence-corrected chi connectivity index (χ2v) is 12.8. The van der Waals surface area contributed by atoms with Crippen LogP contribution in [0.2, 0.25) is 0 Å². The fourth-order valence-electron chi connectivity index (χ4n) is 7.10. The summed E-state index contributed by atoms with van der Waals surface area (Å²) >= 11 is 0. The Hall–Kier alpha value is -5.04. The zero-order valence-corrected chi connectivity index (χ0v) is 29.5. The van der Waals surface area contributed by atoms with Crippen molar-refractivity contribution in [1.29, 1.82) is 0 Å². The first-order chi connectivity index (χ1) is 24.7. The molecule has 3 heterocycles. The van der Waals surface area contributed by atoms with E-state index in [1.165, 1.54) is 11.7 Å². The molecular weight excluding hydrogens is 652 g/mol. The normalized spacial score (nSPS) is 21.3. The van der Waals surface area contributed by atoms with E-state index >= 15 is 0 Å². The number of methoxy groups -OCH3 is 3. The highest BCUT2D eigenvalue weighted by molar-refractivity contribution is 5.86. The van der Waals surface area contributed by atoms with Gasteiger partial charge in [-0.15, -0.1) is 0 Å². The van der Waals surface area contributed by atoms with Crippen LogP contribution in [0.15, 0.2) is 94.8 Å². The maximum atomic E-state index is 13.6. The Bertz CT molecular complexity index is 1850. The number of nitrogens with zero attached hydrogens (tertiary/aromatic N) is 4. The standard InChI is InChI=1S/C39H44N4O8/c1-25-23-43(38(46)41-36(25)40-33-12-9-21-42(33)2)37-35(49-5)31(22-34(44)45)32(51-37)24-50-39(26-10-7-6-8-11-26,27-13-17-29(47-3)18-14-27)28-15-19-30(48-4)20-16-28/h6-8,10-11,13-20,23,31-32,35,37H,9,12,21-22,24H2,1-5H3,(H,44,45)/t31-,32-,35-,37-/m1/s1. The Morgan fingerprint density at radius 2 is 1.57 bits per heavy atom. The number of benzene rings is 3. The van der Waals surface area contributed by atoms with Crippen molar-refractivity contribution in [3.63, 3.8) is 0 Å². The van der Waals surface area contributed by atoms with E-state index in [2.05, 4.69) is 14.9 Å². The molecule has 0 spiro atoms. The molecule has 2 fully saturated rings. The Morgan fingerprint density at radius 1 is 0.961 bits per heavy atom. The lowest BCUT2D eigenvalue weighted by Gasteiger charge is -2.37. The van der Waals surface area contributed by atoms with Gasteiger partial charge in [-0.1, -0.05) is 54.6 Å². The molecule has 2 aliphatic heterocycles. The van der Waals surface area contributed by atoms with Crippen molar-refractivity contribution in [1.82, 2.24) is 14.5 Å². The van der Waals surface area contributed by atoms with Gasteiger partial charge in [-0.05, 0) is 54.3 Å². The SMILES string of the molecule is COc1ccc(C(OC[C@H]2O[C@@H](n3cc(C)c(N=C4CCCN4C)nc3=O)[C@H](OC)[C@@H]2CC(=O)O)(c2ccccc2)c2ccc(OC)cc2)cc1. The van der Waals surface area contributed by atoms with Crippen LogP contribution in [0.25, 0.3) is 0 Å². The number of aryl methyl sites for hydroxylation is 1. The predicted molar refractivity (Wildman–Crippen MR) is 191 cm³/mol. The van der Waals surface area contributed by atoms with Crippen molar-refractivity contribution in [3.8, 4) is 11.5 Å². The Morgan fingerprint density at radius 3 is 2.10 bits per heavy atom. The molecule has 3 aromatic carbocycles. The van der Waals surface area contributed by atoms with Gasteiger partial charge in [-0.25, -0.2) is 9.79 Å². The van der Waals surface area contributed by atoms with Crippen LogP contribution in [0.4, 0.5) is 5.82 Å². The van der Waals surface area contributed by atoms with Crippen molar-refractivity contribution in [2.75, 3.05) is 41.5 Å². The summed E-state index contributed by atoms with van der Waals surface area (Å²) in [6.45, 7) is 2.69. The quantitative estimate of drug-likeness (QED) is 0.183. The van der Waals surface area contributed by atoms with E-state index in [9.17, 15) is 14.7 Å². The summed E-state index contributed by atoms with van der Waals surface area (Å²) in [5.41, 5.74) is 1.41. The second kappa shape index (κ2) is 15.5. The monoisotopic (exact) mass is 696 g/mol. The van der Waals surface area contributed by atoms with Crippen molar-refractivity contribution in [2.24, 2.45) is 10.9 Å². The molecule has 0 saturated carbocycles. The molecule has 1 aromatic heterocycles. The third-order valence-electron chi connectivity index (χ3n) is 9.77. The van der Waals surface area contributed by atoms with Gasteiger partial charge < -0.3 is 33.7 Å². The van der Waals surface area contributed by atoms with Crippen LogP contribution < -0.4 is 15.2 Å². The number of aliphatic imine (C=N–C) groups is 1. The maximum absolute atomic E-state index is 13.6. The number of hydrogen-bond donors (Lipinski definition) is 1. The van der Waals surface area contributed by atoms with E-state index in [0.717, 1.165) is 41.9 Å². The van der Waals surface area contributed by atoms with Gasteiger partial charge in [0.15, 0.2) is 12.0 Å². The second-order valence-electron chi connectivity index (χ2n) is 12.8. The third kappa shape index (κ3) is 7.25. The summed E-state index contributed by atoms with van der Waals surface area (Å²) in [6.07, 6.45) is 0.656. The molecule has 2 saturated heterocycles. The van der Waals surface area contributed by atoms with Gasteiger partial charge in [-0.2, -0.15) is 4.98 Å². The largest absolute Gasteiger partial charge is 0.497 e. The third-order valence-corrected chi connectivity index (χ3v) is 9.77. The fraction of sp³-hybridized carbons (Fsp3) is 0.385. The minimum atomic E-state index is -1.17. The number of aromatic nitrogens is 2. The number of likely N-dealkylation sites (tertiary alicyclic amines) is 1. The van der Waals surface area contributed by atoms with E-state index < -0.39 is 41.6 Å².